The predicted octanol–water partition coefficient (Wildman–Crippen LogP) is 0.391. The highest BCUT2D eigenvalue weighted by atomic mass is 32.1. The van der Waals surface area contributed by atoms with Gasteiger partial charge in [0.05, 0.1) is 12.2 Å². The number of likely N-dealkylation sites (N-methyl/N-ethyl adjacent to an activating group) is 1. The smallest absolute Gasteiger partial charge is 0.317 e. The number of aromatic nitrogens is 4. The number of tetrazole rings is 1. The largest absolute Gasteiger partial charge is 0.480 e. The van der Waals surface area contributed by atoms with E-state index in [9.17, 15) is 9.59 Å². The average Bonchev–Trinajstić information content (AvgIpc) is 3.17. The lowest BCUT2D eigenvalue weighted by Crippen LogP contribution is -2.54. The number of thiophene rings is 1. The van der Waals surface area contributed by atoms with Crippen LogP contribution in [0.4, 0.5) is 0 Å². The number of hydrogen-bond acceptors (Lipinski definition) is 7. The molecule has 10 heteroatoms. The lowest BCUT2D eigenvalue weighted by molar-refractivity contribution is -0.139. The molecule has 0 saturated heterocycles. The van der Waals surface area contributed by atoms with Gasteiger partial charge in [-0.15, -0.1) is 16.4 Å². The Bertz CT molecular complexity index is 710. The molecule has 0 atom stereocenters. The normalized spacial score (nSPS) is 19.9. The predicted molar refractivity (Wildman–Crippen MR) is 86.2 cm³/mol. The van der Waals surface area contributed by atoms with Gasteiger partial charge in [0.15, 0.2) is 0 Å². The first-order valence-corrected chi connectivity index (χ1v) is 8.54. The summed E-state index contributed by atoms with van der Waals surface area (Å²) in [6, 6.07) is 2.07. The Morgan fingerprint density at radius 1 is 1.50 bits per heavy atom. The molecule has 0 spiro atoms. The van der Waals surface area contributed by atoms with E-state index in [4.69, 9.17) is 5.11 Å². The van der Waals surface area contributed by atoms with Crippen molar-refractivity contribution in [2.75, 3.05) is 13.1 Å². The maximum Gasteiger partial charge on any atom is 0.317 e. The zero-order valence-corrected chi connectivity index (χ0v) is 13.9. The number of rotatable bonds is 7. The minimum atomic E-state index is -0.825. The monoisotopic (exact) mass is 350 g/mol. The average molecular weight is 350 g/mol. The highest BCUT2D eigenvalue weighted by Gasteiger charge is 2.35. The number of hydrogen-bond donors (Lipinski definition) is 2. The molecule has 2 N–H and O–H groups in total. The first kappa shape index (κ1) is 16.5. The first-order chi connectivity index (χ1) is 11.6. The zero-order valence-electron chi connectivity index (χ0n) is 13.1. The van der Waals surface area contributed by atoms with Gasteiger partial charge in [-0.3, -0.25) is 14.5 Å². The molecule has 1 aliphatic rings. The van der Waals surface area contributed by atoms with Crippen molar-refractivity contribution >= 4 is 23.2 Å². The van der Waals surface area contributed by atoms with Crippen LogP contribution in [0.3, 0.4) is 0 Å². The summed E-state index contributed by atoms with van der Waals surface area (Å²) in [4.78, 5) is 25.8. The minimum absolute atomic E-state index is 0.0379. The summed E-state index contributed by atoms with van der Waals surface area (Å²) >= 11 is 1.34. The summed E-state index contributed by atoms with van der Waals surface area (Å²) in [6.45, 7) is 2.67. The lowest BCUT2D eigenvalue weighted by atomic mass is 9.85. The number of nitrogens with zero attached hydrogens (tertiary/aromatic N) is 5. The fourth-order valence-corrected chi connectivity index (χ4v) is 3.63. The van der Waals surface area contributed by atoms with Gasteiger partial charge in [-0.05, 0) is 41.3 Å². The van der Waals surface area contributed by atoms with Gasteiger partial charge in [0.25, 0.3) is 5.91 Å². The van der Waals surface area contributed by atoms with Gasteiger partial charge in [0.2, 0.25) is 0 Å². The first-order valence-electron chi connectivity index (χ1n) is 7.66. The number of carboxylic acid groups (broad SMARTS) is 1. The standard InChI is InChI=1S/C14H18N6O3S/c1-2-19(7-12(21)22)10-5-9(6-10)16-14(23)13-11(3-4-24-13)20-8-15-17-18-20/h3-4,8-10H,2,5-7H2,1H3,(H,16,23)(H,21,22). The molecule has 0 bridgehead atoms. The Labute approximate surface area is 142 Å². The molecular weight excluding hydrogens is 332 g/mol. The van der Waals surface area contributed by atoms with E-state index in [2.05, 4.69) is 20.8 Å². The van der Waals surface area contributed by atoms with E-state index in [1.54, 1.807) is 6.07 Å². The second-order valence-electron chi connectivity index (χ2n) is 5.64. The Balaban J connectivity index is 1.56. The molecule has 24 heavy (non-hydrogen) atoms. The molecule has 2 aromatic heterocycles. The van der Waals surface area contributed by atoms with Gasteiger partial charge >= 0.3 is 5.97 Å². The van der Waals surface area contributed by atoms with E-state index in [-0.39, 0.29) is 24.5 Å². The van der Waals surface area contributed by atoms with E-state index in [1.165, 1.54) is 22.3 Å². The number of aliphatic carboxylic acids is 1. The molecule has 1 fully saturated rings. The van der Waals surface area contributed by atoms with Crippen LogP contribution >= 0.6 is 11.3 Å². The van der Waals surface area contributed by atoms with Crippen LogP contribution in [-0.4, -0.2) is 67.3 Å². The van der Waals surface area contributed by atoms with Crippen LogP contribution in [0.2, 0.25) is 0 Å². The minimum Gasteiger partial charge on any atom is -0.480 e. The van der Waals surface area contributed by atoms with Crippen LogP contribution in [0.5, 0.6) is 0 Å². The molecule has 9 nitrogen and oxygen atoms in total. The maximum atomic E-state index is 12.5. The number of nitrogens with one attached hydrogen (secondary N) is 1. The lowest BCUT2D eigenvalue weighted by Gasteiger charge is -2.42. The second-order valence-corrected chi connectivity index (χ2v) is 6.56. The summed E-state index contributed by atoms with van der Waals surface area (Å²) in [5, 5.41) is 24.7. The maximum absolute atomic E-state index is 12.5. The van der Waals surface area contributed by atoms with E-state index in [0.717, 1.165) is 12.8 Å². The molecule has 1 aliphatic carbocycles. The Morgan fingerprint density at radius 2 is 2.29 bits per heavy atom. The summed E-state index contributed by atoms with van der Waals surface area (Å²) in [5.74, 6) is -0.978. The van der Waals surface area contributed by atoms with Gasteiger partial charge in [-0.1, -0.05) is 6.92 Å². The zero-order chi connectivity index (χ0) is 17.1. The highest BCUT2D eigenvalue weighted by Crippen LogP contribution is 2.27. The van der Waals surface area contributed by atoms with Crippen LogP contribution in [0.15, 0.2) is 17.8 Å². The van der Waals surface area contributed by atoms with Gasteiger partial charge in [0.1, 0.15) is 11.2 Å². The van der Waals surface area contributed by atoms with Crippen molar-refractivity contribution in [2.24, 2.45) is 0 Å². The van der Waals surface area contributed by atoms with E-state index < -0.39 is 5.97 Å². The number of amides is 1. The number of carbonyl (C=O) groups is 2. The molecule has 1 amide bonds. The van der Waals surface area contributed by atoms with Gasteiger partial charge < -0.3 is 10.4 Å². The third kappa shape index (κ3) is 3.44. The number of carbonyl (C=O) groups excluding carboxylic acids is 1. The molecule has 1 saturated carbocycles. The fourth-order valence-electron chi connectivity index (χ4n) is 2.85. The molecule has 2 heterocycles. The van der Waals surface area contributed by atoms with E-state index in [1.807, 2.05) is 17.2 Å². The summed E-state index contributed by atoms with van der Waals surface area (Å²) in [7, 11) is 0. The van der Waals surface area contributed by atoms with Crippen molar-refractivity contribution in [1.82, 2.24) is 30.4 Å². The quantitative estimate of drug-likeness (QED) is 0.742. The second kappa shape index (κ2) is 7.05. The molecule has 0 aromatic carbocycles. The van der Waals surface area contributed by atoms with Gasteiger partial charge in [0, 0.05) is 12.1 Å². The third-order valence-corrected chi connectivity index (χ3v) is 5.06. The van der Waals surface area contributed by atoms with Crippen molar-refractivity contribution < 1.29 is 14.7 Å². The molecule has 2 aromatic rings. The van der Waals surface area contributed by atoms with Crippen molar-refractivity contribution in [2.45, 2.75) is 31.8 Å². The van der Waals surface area contributed by atoms with Crippen LogP contribution in [0.25, 0.3) is 5.69 Å². The molecule has 0 aliphatic heterocycles. The van der Waals surface area contributed by atoms with Crippen molar-refractivity contribution in [3.8, 4) is 5.69 Å². The Hall–Kier alpha value is -2.33. The van der Waals surface area contributed by atoms with Crippen LogP contribution < -0.4 is 5.32 Å². The molecule has 0 unspecified atom stereocenters. The van der Waals surface area contributed by atoms with Crippen LogP contribution in [0, 0.1) is 0 Å². The van der Waals surface area contributed by atoms with Crippen LogP contribution in [0.1, 0.15) is 29.4 Å². The Morgan fingerprint density at radius 3 is 2.92 bits per heavy atom. The fraction of sp³-hybridized carbons (Fsp3) is 0.500. The van der Waals surface area contributed by atoms with Crippen molar-refractivity contribution in [3.05, 3.63) is 22.7 Å². The van der Waals surface area contributed by atoms with E-state index >= 15 is 0 Å². The molecular formula is C14H18N6O3S. The summed E-state index contributed by atoms with van der Waals surface area (Å²) in [5.41, 5.74) is 0.652. The van der Waals surface area contributed by atoms with Gasteiger partial charge in [-0.25, -0.2) is 0 Å². The topological polar surface area (TPSA) is 113 Å². The molecule has 0 radical (unpaired) electrons. The van der Waals surface area contributed by atoms with Crippen molar-refractivity contribution in [3.63, 3.8) is 0 Å². The highest BCUT2D eigenvalue weighted by molar-refractivity contribution is 7.12. The third-order valence-electron chi connectivity index (χ3n) is 4.16. The van der Waals surface area contributed by atoms with Crippen LogP contribution in [-0.2, 0) is 4.79 Å². The number of carboxylic acids is 1. The summed E-state index contributed by atoms with van der Waals surface area (Å²) in [6.07, 6.45) is 2.97. The van der Waals surface area contributed by atoms with E-state index in [0.29, 0.717) is 17.1 Å². The van der Waals surface area contributed by atoms with Crippen molar-refractivity contribution in [1.29, 1.82) is 0 Å². The Kier molecular flexibility index (Phi) is 4.86. The molecule has 128 valence electrons. The summed E-state index contributed by atoms with van der Waals surface area (Å²) < 4.78 is 1.46. The van der Waals surface area contributed by atoms with Gasteiger partial charge in [-0.2, -0.15) is 4.68 Å². The molecule has 3 rings (SSSR count). The SMILES string of the molecule is CCN(CC(=O)O)C1CC(NC(=O)c2sccc2-n2cnnn2)C1.